The van der Waals surface area contributed by atoms with Gasteiger partial charge >= 0.3 is 0 Å². The maximum atomic E-state index is 12.3. The first-order valence-electron chi connectivity index (χ1n) is 15.6. The molecule has 0 saturated heterocycles. The van der Waals surface area contributed by atoms with Gasteiger partial charge in [-0.05, 0) is 12.8 Å². The van der Waals surface area contributed by atoms with Gasteiger partial charge in [0.2, 0.25) is 10.0 Å². The highest BCUT2D eigenvalue weighted by Crippen LogP contribution is 2.14. The van der Waals surface area contributed by atoms with E-state index in [1.165, 1.54) is 89.9 Å². The zero-order valence-corrected chi connectivity index (χ0v) is 29.8. The SMILES string of the molecule is CCCCCCCCCCCCCCCCCCNC(=O)SCC(CNS(=O)(=O)CCCC1[NH+]=CCS1)OC.[I-]. The fourth-order valence-electron chi connectivity index (χ4n) is 4.60. The Balaban J connectivity index is 0.0000152. The molecule has 0 aliphatic carbocycles. The monoisotopic (exact) mass is 735 g/mol. The van der Waals surface area contributed by atoms with Crippen molar-refractivity contribution in [2.24, 2.45) is 0 Å². The lowest BCUT2D eigenvalue weighted by atomic mass is 10.0. The minimum absolute atomic E-state index is 0. The molecule has 11 heteroatoms. The van der Waals surface area contributed by atoms with Crippen molar-refractivity contribution in [2.75, 3.05) is 37.5 Å². The number of carbonyl (C=O) groups excluding carboxylic acids is 1. The molecule has 40 heavy (non-hydrogen) atoms. The molecule has 2 unspecified atom stereocenters. The zero-order valence-electron chi connectivity index (χ0n) is 25.2. The van der Waals surface area contributed by atoms with Crippen molar-refractivity contribution in [3.63, 3.8) is 0 Å². The van der Waals surface area contributed by atoms with E-state index in [2.05, 4.69) is 22.0 Å². The average Bonchev–Trinajstić information content (AvgIpc) is 3.44. The van der Waals surface area contributed by atoms with Gasteiger partial charge in [-0.25, -0.2) is 18.1 Å². The summed E-state index contributed by atoms with van der Waals surface area (Å²) in [6.45, 7) is 3.15. The lowest BCUT2D eigenvalue weighted by Crippen LogP contribution is -3.00. The smallest absolute Gasteiger partial charge is 0.279 e. The van der Waals surface area contributed by atoms with E-state index < -0.39 is 10.0 Å². The van der Waals surface area contributed by atoms with Gasteiger partial charge < -0.3 is 34.0 Å². The number of hydrogen-bond donors (Lipinski definition) is 3. The predicted molar refractivity (Wildman–Crippen MR) is 170 cm³/mol. The van der Waals surface area contributed by atoms with E-state index in [0.29, 0.717) is 24.1 Å². The highest BCUT2D eigenvalue weighted by atomic mass is 127. The van der Waals surface area contributed by atoms with E-state index in [1.54, 1.807) is 18.9 Å². The lowest BCUT2D eigenvalue weighted by Gasteiger charge is -2.16. The summed E-state index contributed by atoms with van der Waals surface area (Å²) >= 11 is 2.96. The number of unbranched alkanes of at least 4 members (excludes halogenated alkanes) is 15. The van der Waals surface area contributed by atoms with Crippen LogP contribution < -0.4 is 39.0 Å². The lowest BCUT2D eigenvalue weighted by molar-refractivity contribution is -0.466. The van der Waals surface area contributed by atoms with Crippen LogP contribution in [0.1, 0.15) is 122 Å². The van der Waals surface area contributed by atoms with Crippen LogP contribution in [0.2, 0.25) is 0 Å². The van der Waals surface area contributed by atoms with Gasteiger partial charge in [0.15, 0.2) is 5.37 Å². The average molecular weight is 736 g/mol. The number of rotatable bonds is 27. The number of methoxy groups -OCH3 is 1. The molecule has 3 N–H and O–H groups in total. The Morgan fingerprint density at radius 2 is 1.50 bits per heavy atom. The van der Waals surface area contributed by atoms with Crippen molar-refractivity contribution in [2.45, 2.75) is 134 Å². The highest BCUT2D eigenvalue weighted by molar-refractivity contribution is 8.13. The quantitative estimate of drug-likeness (QED) is 0.0888. The van der Waals surface area contributed by atoms with E-state index in [9.17, 15) is 13.2 Å². The molecule has 238 valence electrons. The van der Waals surface area contributed by atoms with Crippen LogP contribution in [0.3, 0.4) is 0 Å². The second-order valence-corrected chi connectivity index (χ2v) is 14.8. The third-order valence-corrected chi connectivity index (χ3v) is 10.6. The van der Waals surface area contributed by atoms with Crippen LogP contribution in [0.5, 0.6) is 0 Å². The maximum absolute atomic E-state index is 12.3. The van der Waals surface area contributed by atoms with Crippen molar-refractivity contribution in [1.29, 1.82) is 0 Å². The number of hydrogen-bond acceptors (Lipinski definition) is 6. The van der Waals surface area contributed by atoms with Crippen molar-refractivity contribution in [3.05, 3.63) is 0 Å². The molecule has 0 aromatic heterocycles. The van der Waals surface area contributed by atoms with Gasteiger partial charge in [-0.1, -0.05) is 127 Å². The summed E-state index contributed by atoms with van der Waals surface area (Å²) < 4.78 is 32.5. The summed E-state index contributed by atoms with van der Waals surface area (Å²) in [7, 11) is -1.79. The highest BCUT2D eigenvalue weighted by Gasteiger charge is 2.20. The fourth-order valence-corrected chi connectivity index (χ4v) is 7.48. The van der Waals surface area contributed by atoms with Crippen LogP contribution in [-0.4, -0.2) is 68.8 Å². The normalized spacial score (nSPS) is 15.7. The molecular formula is C29H58IN3O4S3. The number of amides is 1. The van der Waals surface area contributed by atoms with E-state index in [1.807, 2.05) is 6.21 Å². The Morgan fingerprint density at radius 3 is 2.00 bits per heavy atom. The molecule has 0 fully saturated rings. The third-order valence-electron chi connectivity index (χ3n) is 7.13. The second kappa shape index (κ2) is 28.2. The standard InChI is InChI=1S/C29H57N3O4S3.HI/c1-3-4-5-6-7-8-9-10-11-12-13-14-15-16-17-18-21-31-29(33)38-26-27(36-2)25-32-39(34,35)24-19-20-28-30-22-23-37-28;/h22,27-28,32H,3-21,23-26H2,1-2H3,(H,31,33);1H. The number of nitrogens with one attached hydrogen (secondary N) is 3. The van der Waals surface area contributed by atoms with Crippen LogP contribution in [-0.2, 0) is 14.8 Å². The van der Waals surface area contributed by atoms with Gasteiger partial charge in [0, 0.05) is 32.4 Å². The van der Waals surface area contributed by atoms with Crippen molar-refractivity contribution in [3.8, 4) is 0 Å². The summed E-state index contributed by atoms with van der Waals surface area (Å²) in [6.07, 6.45) is 24.5. The first kappa shape index (κ1) is 40.4. The Morgan fingerprint density at radius 1 is 0.950 bits per heavy atom. The molecule has 0 aromatic carbocycles. The van der Waals surface area contributed by atoms with Crippen LogP contribution in [0, 0.1) is 0 Å². The van der Waals surface area contributed by atoms with Crippen LogP contribution in [0.15, 0.2) is 0 Å². The molecule has 1 aliphatic heterocycles. The molecule has 1 rings (SSSR count). The van der Waals surface area contributed by atoms with Crippen LogP contribution >= 0.6 is 23.5 Å². The molecule has 1 amide bonds. The first-order valence-corrected chi connectivity index (χ1v) is 19.3. The van der Waals surface area contributed by atoms with E-state index in [-0.39, 0.29) is 47.6 Å². The Kier molecular flexibility index (Phi) is 28.5. The van der Waals surface area contributed by atoms with Gasteiger partial charge in [-0.15, -0.1) is 0 Å². The molecule has 0 saturated carbocycles. The Hall–Kier alpha value is 0.440. The number of halogens is 1. The summed E-state index contributed by atoms with van der Waals surface area (Å²) in [5.41, 5.74) is 0. The maximum Gasteiger partial charge on any atom is 0.279 e. The topological polar surface area (TPSA) is 98.5 Å². The zero-order chi connectivity index (χ0) is 28.4. The number of thioether (sulfide) groups is 2. The van der Waals surface area contributed by atoms with E-state index >= 15 is 0 Å². The van der Waals surface area contributed by atoms with E-state index in [4.69, 9.17) is 4.74 Å². The molecule has 0 spiro atoms. The first-order chi connectivity index (χ1) is 19.0. The number of ether oxygens (including phenoxy) is 1. The van der Waals surface area contributed by atoms with Crippen LogP contribution in [0.4, 0.5) is 4.79 Å². The second-order valence-electron chi connectivity index (χ2n) is 10.7. The molecule has 2 atom stereocenters. The summed E-state index contributed by atoms with van der Waals surface area (Å²) in [5.74, 6) is 1.49. The molecule has 0 radical (unpaired) electrons. The number of sulfonamides is 1. The van der Waals surface area contributed by atoms with Gasteiger partial charge in [0.1, 0.15) is 6.21 Å². The molecule has 7 nitrogen and oxygen atoms in total. The molecule has 0 bridgehead atoms. The summed E-state index contributed by atoms with van der Waals surface area (Å²) in [6, 6.07) is 0. The van der Waals surface area contributed by atoms with Crippen molar-refractivity contribution < 1.29 is 46.9 Å². The van der Waals surface area contributed by atoms with Crippen molar-refractivity contribution >= 4 is 45.0 Å². The van der Waals surface area contributed by atoms with Gasteiger partial charge in [-0.3, -0.25) is 4.79 Å². The molecule has 1 heterocycles. The Labute approximate surface area is 271 Å². The fraction of sp³-hybridized carbons (Fsp3) is 0.931. The molecule has 1 aliphatic rings. The van der Waals surface area contributed by atoms with Gasteiger partial charge in [0.05, 0.1) is 17.6 Å². The predicted octanol–water partition coefficient (Wildman–Crippen LogP) is 2.63. The van der Waals surface area contributed by atoms with Crippen LogP contribution in [0.25, 0.3) is 0 Å². The molecular weight excluding hydrogens is 677 g/mol. The van der Waals surface area contributed by atoms with Gasteiger partial charge in [0.25, 0.3) is 5.24 Å². The Bertz CT molecular complexity index is 729. The number of carbonyl (C=O) groups is 1. The van der Waals surface area contributed by atoms with E-state index in [0.717, 1.165) is 36.8 Å². The largest absolute Gasteiger partial charge is 1.00 e. The minimum atomic E-state index is -3.34. The summed E-state index contributed by atoms with van der Waals surface area (Å²) in [4.78, 5) is 15.4. The third kappa shape index (κ3) is 25.0. The molecule has 0 aromatic rings. The summed E-state index contributed by atoms with van der Waals surface area (Å²) in [5, 5.41) is 3.21. The van der Waals surface area contributed by atoms with Crippen molar-refractivity contribution in [1.82, 2.24) is 10.0 Å². The minimum Gasteiger partial charge on any atom is -1.00 e. The van der Waals surface area contributed by atoms with Gasteiger partial charge in [-0.2, -0.15) is 0 Å².